The maximum Gasteiger partial charge on any atom is 0.339 e. The van der Waals surface area contributed by atoms with Gasteiger partial charge in [0, 0.05) is 11.9 Å². The molecule has 0 atom stereocenters. The van der Waals surface area contributed by atoms with Crippen LogP contribution in [0.5, 0.6) is 0 Å². The van der Waals surface area contributed by atoms with Crippen LogP contribution in [0.1, 0.15) is 10.4 Å². The third-order valence-corrected chi connectivity index (χ3v) is 4.10. The zero-order chi connectivity index (χ0) is 17.7. The van der Waals surface area contributed by atoms with E-state index in [1.54, 1.807) is 0 Å². The third kappa shape index (κ3) is 4.63. The van der Waals surface area contributed by atoms with Crippen LogP contribution in [0.4, 0.5) is 10.1 Å². The fraction of sp³-hybridized carbons (Fsp3) is 0.125. The summed E-state index contributed by atoms with van der Waals surface area (Å²) in [5.41, 5.74) is 0.0612. The zero-order valence-corrected chi connectivity index (χ0v) is 13.5. The minimum absolute atomic E-state index is 0.154. The Hall–Kier alpha value is -2.74. The van der Waals surface area contributed by atoms with E-state index in [1.807, 2.05) is 0 Å². The predicted molar refractivity (Wildman–Crippen MR) is 84.9 cm³/mol. The monoisotopic (exact) mass is 351 g/mol. The van der Waals surface area contributed by atoms with Crippen LogP contribution < -0.4 is 5.32 Å². The Morgan fingerprint density at radius 1 is 1.12 bits per heavy atom. The number of anilines is 1. The second-order valence-corrected chi connectivity index (χ2v) is 6.89. The molecule has 0 unspecified atom stereocenters. The summed E-state index contributed by atoms with van der Waals surface area (Å²) in [4.78, 5) is 23.5. The average Bonchev–Trinajstić information content (AvgIpc) is 2.52. The number of sulfone groups is 1. The first-order valence-corrected chi connectivity index (χ1v) is 8.68. The molecule has 0 bridgehead atoms. The molecular weight excluding hydrogens is 337 g/mol. The number of carbonyl (C=O) groups is 2. The molecule has 0 fully saturated rings. The number of esters is 1. The largest absolute Gasteiger partial charge is 0.452 e. The molecule has 8 heteroatoms. The van der Waals surface area contributed by atoms with E-state index < -0.39 is 34.1 Å². The smallest absolute Gasteiger partial charge is 0.339 e. The quantitative estimate of drug-likeness (QED) is 0.833. The Morgan fingerprint density at radius 2 is 1.83 bits per heavy atom. The van der Waals surface area contributed by atoms with Gasteiger partial charge in [-0.1, -0.05) is 18.2 Å². The molecule has 0 aliphatic heterocycles. The van der Waals surface area contributed by atoms with Crippen LogP contribution in [0.15, 0.2) is 53.4 Å². The highest BCUT2D eigenvalue weighted by atomic mass is 32.2. The van der Waals surface area contributed by atoms with E-state index in [0.29, 0.717) is 0 Å². The van der Waals surface area contributed by atoms with Crippen LogP contribution in [0, 0.1) is 5.82 Å². The predicted octanol–water partition coefficient (Wildman–Crippen LogP) is 2.02. The summed E-state index contributed by atoms with van der Waals surface area (Å²) < 4.78 is 41.1. The molecular formula is C16H14FNO5S. The van der Waals surface area contributed by atoms with Gasteiger partial charge in [0.25, 0.3) is 5.91 Å². The van der Waals surface area contributed by atoms with Crippen molar-refractivity contribution in [2.24, 2.45) is 0 Å². The minimum atomic E-state index is -3.61. The molecule has 0 saturated heterocycles. The molecule has 0 radical (unpaired) electrons. The number of hydrogen-bond acceptors (Lipinski definition) is 5. The highest BCUT2D eigenvalue weighted by molar-refractivity contribution is 7.90. The fourth-order valence-corrected chi connectivity index (χ4v) is 2.81. The zero-order valence-electron chi connectivity index (χ0n) is 12.7. The van der Waals surface area contributed by atoms with E-state index in [9.17, 15) is 22.4 Å². The summed E-state index contributed by atoms with van der Waals surface area (Å²) in [5.74, 6) is -2.14. The van der Waals surface area contributed by atoms with Gasteiger partial charge < -0.3 is 10.1 Å². The normalized spacial score (nSPS) is 10.9. The van der Waals surface area contributed by atoms with E-state index in [2.05, 4.69) is 5.32 Å². The molecule has 0 aliphatic rings. The maximum absolute atomic E-state index is 13.0. The molecule has 1 N–H and O–H groups in total. The molecule has 6 nitrogen and oxygen atoms in total. The van der Waals surface area contributed by atoms with Crippen molar-refractivity contribution in [1.82, 2.24) is 0 Å². The highest BCUT2D eigenvalue weighted by Crippen LogP contribution is 2.16. The molecule has 24 heavy (non-hydrogen) atoms. The summed E-state index contributed by atoms with van der Waals surface area (Å²) in [5, 5.41) is 2.36. The molecule has 0 saturated carbocycles. The molecule has 0 aromatic heterocycles. The molecule has 0 spiro atoms. The van der Waals surface area contributed by atoms with Gasteiger partial charge in [0.2, 0.25) is 0 Å². The Bertz CT molecular complexity index is 880. The number of halogens is 1. The van der Waals surface area contributed by atoms with Crippen molar-refractivity contribution >= 4 is 27.4 Å². The van der Waals surface area contributed by atoms with Crippen molar-refractivity contribution < 1.29 is 27.1 Å². The van der Waals surface area contributed by atoms with E-state index >= 15 is 0 Å². The summed E-state index contributed by atoms with van der Waals surface area (Å²) in [6.07, 6.45) is 0.968. The second kappa shape index (κ2) is 7.22. The minimum Gasteiger partial charge on any atom is -0.452 e. The SMILES string of the molecule is CS(=O)(=O)c1ccccc1C(=O)OCC(=O)Nc1cccc(F)c1. The summed E-state index contributed by atoms with van der Waals surface area (Å²) in [7, 11) is -3.61. The van der Waals surface area contributed by atoms with Gasteiger partial charge in [0.15, 0.2) is 16.4 Å². The molecule has 2 rings (SSSR count). The first-order chi connectivity index (χ1) is 11.3. The summed E-state index contributed by atoms with van der Waals surface area (Å²) in [6, 6.07) is 10.8. The van der Waals surface area contributed by atoms with Crippen LogP contribution in [0.25, 0.3) is 0 Å². The Morgan fingerprint density at radius 3 is 2.50 bits per heavy atom. The molecule has 2 aromatic rings. The van der Waals surface area contributed by atoms with E-state index in [-0.39, 0.29) is 16.1 Å². The number of rotatable bonds is 5. The maximum atomic E-state index is 13.0. The fourth-order valence-electron chi connectivity index (χ4n) is 1.93. The molecule has 126 valence electrons. The van der Waals surface area contributed by atoms with Gasteiger partial charge in [0.05, 0.1) is 10.5 Å². The molecule has 0 aliphatic carbocycles. The van der Waals surface area contributed by atoms with Gasteiger partial charge in [-0.3, -0.25) is 4.79 Å². The lowest BCUT2D eigenvalue weighted by atomic mass is 10.2. The molecule has 2 aromatic carbocycles. The number of benzene rings is 2. The van der Waals surface area contributed by atoms with Gasteiger partial charge in [-0.15, -0.1) is 0 Å². The highest BCUT2D eigenvalue weighted by Gasteiger charge is 2.20. The van der Waals surface area contributed by atoms with E-state index in [4.69, 9.17) is 4.74 Å². The standard InChI is InChI=1S/C16H14FNO5S/c1-24(21,22)14-8-3-2-7-13(14)16(20)23-10-15(19)18-12-6-4-5-11(17)9-12/h2-9H,10H2,1H3,(H,18,19). The first-order valence-electron chi connectivity index (χ1n) is 6.79. The van der Waals surface area contributed by atoms with E-state index in [0.717, 1.165) is 12.3 Å². The Balaban J connectivity index is 2.02. The van der Waals surface area contributed by atoms with Gasteiger partial charge in [-0.2, -0.15) is 0 Å². The van der Waals surface area contributed by atoms with Crippen LogP contribution in [-0.2, 0) is 19.4 Å². The first kappa shape index (κ1) is 17.6. The van der Waals surface area contributed by atoms with E-state index in [1.165, 1.54) is 42.5 Å². The topological polar surface area (TPSA) is 89.5 Å². The lowest BCUT2D eigenvalue weighted by Crippen LogP contribution is -2.21. The van der Waals surface area contributed by atoms with Gasteiger partial charge in [-0.05, 0) is 30.3 Å². The van der Waals surface area contributed by atoms with Crippen molar-refractivity contribution in [3.63, 3.8) is 0 Å². The van der Waals surface area contributed by atoms with Crippen molar-refractivity contribution in [2.75, 3.05) is 18.2 Å². The van der Waals surface area contributed by atoms with Crippen LogP contribution in [0.3, 0.4) is 0 Å². The van der Waals surface area contributed by atoms with Gasteiger partial charge in [-0.25, -0.2) is 17.6 Å². The van der Waals surface area contributed by atoms with Crippen LogP contribution >= 0.6 is 0 Å². The Labute approximate surface area is 138 Å². The van der Waals surface area contributed by atoms with Gasteiger partial charge in [0.1, 0.15) is 5.82 Å². The lowest BCUT2D eigenvalue weighted by Gasteiger charge is -2.09. The molecule has 1 amide bonds. The Kier molecular flexibility index (Phi) is 5.30. The third-order valence-electron chi connectivity index (χ3n) is 2.95. The summed E-state index contributed by atoms with van der Waals surface area (Å²) >= 11 is 0. The second-order valence-electron chi connectivity index (χ2n) is 4.90. The average molecular weight is 351 g/mol. The summed E-state index contributed by atoms with van der Waals surface area (Å²) in [6.45, 7) is -0.632. The van der Waals surface area contributed by atoms with Gasteiger partial charge >= 0.3 is 5.97 Å². The van der Waals surface area contributed by atoms with Crippen molar-refractivity contribution in [3.8, 4) is 0 Å². The van der Waals surface area contributed by atoms with Crippen LogP contribution in [0.2, 0.25) is 0 Å². The number of ether oxygens (including phenoxy) is 1. The van der Waals surface area contributed by atoms with Crippen LogP contribution in [-0.4, -0.2) is 33.2 Å². The number of amides is 1. The number of carbonyl (C=O) groups excluding carboxylic acids is 2. The van der Waals surface area contributed by atoms with Crippen molar-refractivity contribution in [1.29, 1.82) is 0 Å². The number of nitrogens with one attached hydrogen (secondary N) is 1. The van der Waals surface area contributed by atoms with Crippen molar-refractivity contribution in [2.45, 2.75) is 4.90 Å². The van der Waals surface area contributed by atoms with Crippen molar-refractivity contribution in [3.05, 3.63) is 59.9 Å². The number of hydrogen-bond donors (Lipinski definition) is 1. The lowest BCUT2D eigenvalue weighted by molar-refractivity contribution is -0.119. The molecule has 0 heterocycles.